The van der Waals surface area contributed by atoms with Gasteiger partial charge in [0.1, 0.15) is 18.8 Å². The molecule has 0 heterocycles. The zero-order valence-corrected chi connectivity index (χ0v) is 30.2. The van der Waals surface area contributed by atoms with E-state index in [1.54, 1.807) is 20.8 Å². The van der Waals surface area contributed by atoms with E-state index in [0.29, 0.717) is 19.4 Å². The van der Waals surface area contributed by atoms with Crippen LogP contribution >= 0.6 is 11.8 Å². The second kappa shape index (κ2) is 23.4. The third kappa shape index (κ3) is 21.8. The predicted octanol–water partition coefficient (Wildman–Crippen LogP) is -0.477. The monoisotopic (exact) mass is 707 g/mol. The fourth-order valence-corrected chi connectivity index (χ4v) is 4.58. The van der Waals surface area contributed by atoms with Gasteiger partial charge in [-0.2, -0.15) is 11.8 Å². The molecule has 0 unspecified atom stereocenters. The van der Waals surface area contributed by atoms with Crippen LogP contribution in [0.1, 0.15) is 74.1 Å². The van der Waals surface area contributed by atoms with Crippen molar-refractivity contribution < 1.29 is 52.8 Å². The van der Waals surface area contributed by atoms with Gasteiger partial charge in [-0.1, -0.05) is 20.8 Å². The Labute approximate surface area is 287 Å². The second-order valence-corrected chi connectivity index (χ2v) is 13.7. The molecule has 4 amide bonds. The fourth-order valence-electron chi connectivity index (χ4n) is 3.61. The smallest absolute Gasteiger partial charge is 0.308 e. The Morgan fingerprint density at radius 1 is 0.896 bits per heavy atom. The van der Waals surface area contributed by atoms with Gasteiger partial charge in [-0.3, -0.25) is 28.8 Å². The van der Waals surface area contributed by atoms with Crippen molar-refractivity contribution in [3.63, 3.8) is 0 Å². The van der Waals surface area contributed by atoms with Gasteiger partial charge in [-0.25, -0.2) is 0 Å². The summed E-state index contributed by atoms with van der Waals surface area (Å²) in [5.74, 6) is -3.10. The number of carbonyl (C=O) groups excluding carboxylic acids is 6. The molecule has 0 rings (SSSR count). The highest BCUT2D eigenvalue weighted by Crippen LogP contribution is 2.20. The third-order valence-corrected chi connectivity index (χ3v) is 7.93. The third-order valence-electron chi connectivity index (χ3n) is 6.73. The topological polar surface area (TPSA) is 248 Å². The quantitative estimate of drug-likeness (QED) is 0.0492. The normalized spacial score (nSPS) is 13.6. The number of nitrogens with two attached hydrogens (primary N) is 2. The molecule has 48 heavy (non-hydrogen) atoms. The Balaban J connectivity index is 4.56. The van der Waals surface area contributed by atoms with Crippen LogP contribution in [0.2, 0.25) is 0 Å². The summed E-state index contributed by atoms with van der Waals surface area (Å²) in [4.78, 5) is 71.3. The number of aliphatic hydroxyl groups excluding tert-OH is 1. The van der Waals surface area contributed by atoms with E-state index in [2.05, 4.69) is 16.0 Å². The minimum Gasteiger partial charge on any atom is -0.462 e. The summed E-state index contributed by atoms with van der Waals surface area (Å²) in [6.45, 7) is 12.1. The second-order valence-electron chi connectivity index (χ2n) is 12.6. The molecular formula is C31H57N5O11S. The SMILES string of the molecule is CCC(=O)OC[C@H](CSC[C@H](N)C(=O)N[C@@H](CO)C(=O)NCCOC(C)(C)CCOC(C)(C)CCC(=O)NCC(N)=O)OC(=O)C(C)C. The Hall–Kier alpha value is -2.99. The molecule has 0 aliphatic carbocycles. The number of amides is 4. The van der Waals surface area contributed by atoms with Gasteiger partial charge < -0.3 is 51.5 Å². The van der Waals surface area contributed by atoms with E-state index in [0.717, 1.165) is 0 Å². The summed E-state index contributed by atoms with van der Waals surface area (Å²) >= 11 is 1.21. The van der Waals surface area contributed by atoms with Crippen LogP contribution in [0, 0.1) is 5.92 Å². The lowest BCUT2D eigenvalue weighted by Gasteiger charge is -2.30. The number of hydrogen-bond donors (Lipinski definition) is 6. The van der Waals surface area contributed by atoms with Crippen molar-refractivity contribution in [2.45, 2.75) is 104 Å². The van der Waals surface area contributed by atoms with Crippen molar-refractivity contribution in [2.75, 3.05) is 51.0 Å². The molecule has 17 heteroatoms. The molecule has 0 aromatic heterocycles. The molecule has 8 N–H and O–H groups in total. The van der Waals surface area contributed by atoms with Crippen LogP contribution in [0.3, 0.4) is 0 Å². The molecule has 0 bridgehead atoms. The van der Waals surface area contributed by atoms with Crippen molar-refractivity contribution >= 4 is 47.3 Å². The first kappa shape index (κ1) is 45.0. The molecular weight excluding hydrogens is 650 g/mol. The summed E-state index contributed by atoms with van der Waals surface area (Å²) in [5, 5.41) is 17.2. The highest BCUT2D eigenvalue weighted by molar-refractivity contribution is 7.99. The summed E-state index contributed by atoms with van der Waals surface area (Å²) in [7, 11) is 0. The lowest BCUT2D eigenvalue weighted by molar-refractivity contribution is -0.160. The minimum atomic E-state index is -1.23. The van der Waals surface area contributed by atoms with E-state index in [9.17, 15) is 33.9 Å². The van der Waals surface area contributed by atoms with Gasteiger partial charge in [0.25, 0.3) is 0 Å². The van der Waals surface area contributed by atoms with Crippen LogP contribution in [-0.2, 0) is 47.7 Å². The van der Waals surface area contributed by atoms with Gasteiger partial charge in [0.05, 0.1) is 49.5 Å². The molecule has 0 aromatic carbocycles. The zero-order chi connectivity index (χ0) is 36.9. The van der Waals surface area contributed by atoms with Crippen LogP contribution in [0.25, 0.3) is 0 Å². The standard InChI is InChI=1S/C31H57N5O11S/c1-8-26(40)44-17-21(47-29(43)20(2)3)18-48-19-22(32)27(41)36-23(16-37)28(42)34-12-14-46-31(6,7)11-13-45-30(4,5)10-9-25(39)35-15-24(33)38/h20-23,37H,8-19,32H2,1-7H3,(H2,33,38)(H,34,42)(H,35,39)(H,36,41)/t21-,22+,23+/m1/s1. The maximum atomic E-state index is 12.6. The molecule has 0 aliphatic rings. The van der Waals surface area contributed by atoms with E-state index in [1.165, 1.54) is 11.8 Å². The summed E-state index contributed by atoms with van der Waals surface area (Å²) in [6, 6.07) is -2.27. The van der Waals surface area contributed by atoms with Crippen LogP contribution < -0.4 is 27.4 Å². The molecule has 0 fully saturated rings. The van der Waals surface area contributed by atoms with E-state index in [4.69, 9.17) is 30.4 Å². The number of rotatable bonds is 26. The lowest BCUT2D eigenvalue weighted by Crippen LogP contribution is -2.54. The number of carbonyl (C=O) groups is 6. The summed E-state index contributed by atoms with van der Waals surface area (Å²) in [5.41, 5.74) is 9.82. The lowest BCUT2D eigenvalue weighted by atomic mass is 10.0. The highest BCUT2D eigenvalue weighted by Gasteiger charge is 2.26. The van der Waals surface area contributed by atoms with Crippen LogP contribution in [0.4, 0.5) is 0 Å². The number of hydrogen-bond acceptors (Lipinski definition) is 13. The molecule has 0 saturated carbocycles. The van der Waals surface area contributed by atoms with Crippen molar-refractivity contribution in [1.82, 2.24) is 16.0 Å². The minimum absolute atomic E-state index is 0.110. The Kier molecular flexibility index (Phi) is 21.9. The molecule has 3 atom stereocenters. The van der Waals surface area contributed by atoms with Gasteiger partial charge >= 0.3 is 11.9 Å². The first-order chi connectivity index (χ1) is 22.3. The number of aliphatic hydroxyl groups is 1. The fraction of sp³-hybridized carbons (Fsp3) is 0.806. The van der Waals surface area contributed by atoms with Crippen molar-refractivity contribution in [2.24, 2.45) is 17.4 Å². The number of ether oxygens (including phenoxy) is 4. The van der Waals surface area contributed by atoms with Crippen LogP contribution in [0.15, 0.2) is 0 Å². The number of esters is 2. The first-order valence-corrected chi connectivity index (χ1v) is 17.2. The molecule has 0 aromatic rings. The Morgan fingerprint density at radius 3 is 2.10 bits per heavy atom. The maximum Gasteiger partial charge on any atom is 0.308 e. The highest BCUT2D eigenvalue weighted by atomic mass is 32.2. The molecule has 0 saturated heterocycles. The van der Waals surface area contributed by atoms with Gasteiger partial charge in [0.2, 0.25) is 23.6 Å². The van der Waals surface area contributed by atoms with E-state index >= 15 is 0 Å². The van der Waals surface area contributed by atoms with Crippen molar-refractivity contribution in [3.8, 4) is 0 Å². The molecule has 0 radical (unpaired) electrons. The molecule has 0 spiro atoms. The van der Waals surface area contributed by atoms with Crippen molar-refractivity contribution in [1.29, 1.82) is 0 Å². The van der Waals surface area contributed by atoms with E-state index in [-0.39, 0.29) is 62.5 Å². The number of nitrogens with one attached hydrogen (secondary N) is 3. The van der Waals surface area contributed by atoms with E-state index < -0.39 is 65.7 Å². The Bertz CT molecular complexity index is 1040. The van der Waals surface area contributed by atoms with Gasteiger partial charge in [-0.15, -0.1) is 0 Å². The largest absolute Gasteiger partial charge is 0.462 e. The molecule has 16 nitrogen and oxygen atoms in total. The number of primary amides is 1. The number of thioether (sulfide) groups is 1. The van der Waals surface area contributed by atoms with E-state index in [1.807, 2.05) is 27.7 Å². The Morgan fingerprint density at radius 2 is 1.52 bits per heavy atom. The molecule has 0 aliphatic heterocycles. The summed E-state index contributed by atoms with van der Waals surface area (Å²) < 4.78 is 22.3. The van der Waals surface area contributed by atoms with Gasteiger partial charge in [-0.05, 0) is 40.5 Å². The predicted molar refractivity (Wildman–Crippen MR) is 179 cm³/mol. The average Bonchev–Trinajstić information content (AvgIpc) is 3.01. The van der Waals surface area contributed by atoms with Crippen LogP contribution in [-0.4, -0.2) is 121 Å². The van der Waals surface area contributed by atoms with Gasteiger partial charge in [0, 0.05) is 30.9 Å². The molecule has 278 valence electrons. The first-order valence-electron chi connectivity index (χ1n) is 16.0. The van der Waals surface area contributed by atoms with Crippen molar-refractivity contribution in [3.05, 3.63) is 0 Å². The summed E-state index contributed by atoms with van der Waals surface area (Å²) in [6.07, 6.45) is 0.589. The zero-order valence-electron chi connectivity index (χ0n) is 29.4. The average molecular weight is 708 g/mol. The van der Waals surface area contributed by atoms with Gasteiger partial charge in [0.15, 0.2) is 0 Å². The van der Waals surface area contributed by atoms with Crippen LogP contribution in [0.5, 0.6) is 0 Å². The maximum absolute atomic E-state index is 12.6.